The number of nitrogens with one attached hydrogen (secondary N) is 2. The summed E-state index contributed by atoms with van der Waals surface area (Å²) in [6.45, 7) is 3.31. The van der Waals surface area contributed by atoms with Crippen LogP contribution < -0.4 is 10.0 Å². The van der Waals surface area contributed by atoms with Crippen LogP contribution in [0, 0.1) is 17.0 Å². The molecule has 0 saturated carbocycles. The van der Waals surface area contributed by atoms with Gasteiger partial charge in [-0.1, -0.05) is 36.4 Å². The van der Waals surface area contributed by atoms with Gasteiger partial charge in [-0.05, 0) is 66.8 Å². The van der Waals surface area contributed by atoms with E-state index in [1.807, 2.05) is 43.3 Å². The molecular formula is C27H28N4O4S. The van der Waals surface area contributed by atoms with Crippen molar-refractivity contribution in [3.05, 3.63) is 100 Å². The first kappa shape index (κ1) is 25.4. The number of aromatic nitrogens is 1. The normalized spacial score (nSPS) is 11.6. The monoisotopic (exact) mass is 504 g/mol. The van der Waals surface area contributed by atoms with Gasteiger partial charge < -0.3 is 5.32 Å². The second kappa shape index (κ2) is 11.4. The second-order valence-corrected chi connectivity index (χ2v) is 10.3. The van der Waals surface area contributed by atoms with Crippen molar-refractivity contribution in [3.8, 4) is 11.1 Å². The zero-order chi connectivity index (χ0) is 25.5. The van der Waals surface area contributed by atoms with E-state index in [0.29, 0.717) is 24.9 Å². The summed E-state index contributed by atoms with van der Waals surface area (Å²) in [5.74, 6) is 0. The summed E-state index contributed by atoms with van der Waals surface area (Å²) >= 11 is 0. The first-order valence-electron chi connectivity index (χ1n) is 11.7. The summed E-state index contributed by atoms with van der Waals surface area (Å²) in [6, 6.07) is 19.9. The van der Waals surface area contributed by atoms with Crippen LogP contribution in [0.3, 0.4) is 0 Å². The molecule has 36 heavy (non-hydrogen) atoms. The average molecular weight is 505 g/mol. The molecule has 0 atom stereocenters. The third kappa shape index (κ3) is 6.12. The number of hydrogen-bond acceptors (Lipinski definition) is 6. The third-order valence-electron chi connectivity index (χ3n) is 6.05. The van der Waals surface area contributed by atoms with Gasteiger partial charge in [0.2, 0.25) is 10.0 Å². The van der Waals surface area contributed by atoms with Crippen LogP contribution in [0.15, 0.2) is 84.0 Å². The number of nitro groups is 1. The molecule has 0 radical (unpaired) electrons. The maximum Gasteiger partial charge on any atom is 0.269 e. The molecule has 3 aromatic carbocycles. The van der Waals surface area contributed by atoms with Crippen molar-refractivity contribution >= 4 is 26.5 Å². The highest BCUT2D eigenvalue weighted by molar-refractivity contribution is 7.89. The third-order valence-corrected chi connectivity index (χ3v) is 7.55. The SMILES string of the molecule is Cc1ccc([N+](=O)[O-])cc1CCCNCCNS(=O)(=O)c1cc(-c2ccccc2)cc2cnccc12. The molecule has 1 heterocycles. The number of aryl methyl sites for hydroxylation is 2. The Morgan fingerprint density at radius 1 is 0.944 bits per heavy atom. The molecule has 4 aromatic rings. The highest BCUT2D eigenvalue weighted by atomic mass is 32.2. The topological polar surface area (TPSA) is 114 Å². The van der Waals surface area contributed by atoms with Crippen molar-refractivity contribution < 1.29 is 13.3 Å². The molecule has 8 nitrogen and oxygen atoms in total. The lowest BCUT2D eigenvalue weighted by atomic mass is 10.0. The lowest BCUT2D eigenvalue weighted by Crippen LogP contribution is -2.32. The molecule has 0 aliphatic heterocycles. The minimum atomic E-state index is -3.75. The molecule has 9 heteroatoms. The molecule has 186 valence electrons. The van der Waals surface area contributed by atoms with Crippen LogP contribution in [0.4, 0.5) is 5.69 Å². The number of sulfonamides is 1. The highest BCUT2D eigenvalue weighted by Crippen LogP contribution is 2.30. The van der Waals surface area contributed by atoms with Crippen molar-refractivity contribution in [2.45, 2.75) is 24.7 Å². The quantitative estimate of drug-likeness (QED) is 0.175. The van der Waals surface area contributed by atoms with Gasteiger partial charge in [0.1, 0.15) is 0 Å². The van der Waals surface area contributed by atoms with Crippen LogP contribution in [0.2, 0.25) is 0 Å². The molecule has 1 aromatic heterocycles. The predicted molar refractivity (Wildman–Crippen MR) is 141 cm³/mol. The van der Waals surface area contributed by atoms with E-state index < -0.39 is 10.0 Å². The van der Waals surface area contributed by atoms with Gasteiger partial charge in [0, 0.05) is 48.4 Å². The van der Waals surface area contributed by atoms with Gasteiger partial charge in [-0.15, -0.1) is 0 Å². The summed E-state index contributed by atoms with van der Waals surface area (Å²) < 4.78 is 29.1. The fourth-order valence-corrected chi connectivity index (χ4v) is 5.40. The van der Waals surface area contributed by atoms with Crippen LogP contribution >= 0.6 is 0 Å². The maximum absolute atomic E-state index is 13.2. The average Bonchev–Trinajstić information content (AvgIpc) is 2.88. The number of non-ortho nitro benzene ring substituents is 1. The Balaban J connectivity index is 1.35. The van der Waals surface area contributed by atoms with E-state index in [1.165, 1.54) is 6.07 Å². The van der Waals surface area contributed by atoms with Crippen molar-refractivity contribution in [1.29, 1.82) is 0 Å². The number of rotatable bonds is 11. The minimum absolute atomic E-state index is 0.0950. The minimum Gasteiger partial charge on any atom is -0.315 e. The van der Waals surface area contributed by atoms with Gasteiger partial charge in [0.25, 0.3) is 5.69 Å². The summed E-state index contributed by atoms with van der Waals surface area (Å²) in [6.07, 6.45) is 4.75. The van der Waals surface area contributed by atoms with Gasteiger partial charge in [-0.25, -0.2) is 13.1 Å². The molecule has 0 aliphatic carbocycles. The lowest BCUT2D eigenvalue weighted by molar-refractivity contribution is -0.384. The number of benzene rings is 3. The number of nitro benzene ring substituents is 1. The Labute approximate surface area is 210 Å². The Morgan fingerprint density at radius 2 is 1.75 bits per heavy atom. The predicted octanol–water partition coefficient (Wildman–Crippen LogP) is 4.62. The van der Waals surface area contributed by atoms with Gasteiger partial charge >= 0.3 is 0 Å². The van der Waals surface area contributed by atoms with Gasteiger partial charge in [-0.2, -0.15) is 0 Å². The van der Waals surface area contributed by atoms with Crippen molar-refractivity contribution in [2.24, 2.45) is 0 Å². The van der Waals surface area contributed by atoms with Crippen molar-refractivity contribution in [2.75, 3.05) is 19.6 Å². The highest BCUT2D eigenvalue weighted by Gasteiger charge is 2.19. The van der Waals surface area contributed by atoms with E-state index in [4.69, 9.17) is 0 Å². The van der Waals surface area contributed by atoms with Crippen molar-refractivity contribution in [1.82, 2.24) is 15.0 Å². The van der Waals surface area contributed by atoms with Gasteiger partial charge in [0.05, 0.1) is 9.82 Å². The molecular weight excluding hydrogens is 476 g/mol. The molecule has 0 saturated heterocycles. The molecule has 0 fully saturated rings. The van der Waals surface area contributed by atoms with Crippen LogP contribution in [0.1, 0.15) is 17.5 Å². The van der Waals surface area contributed by atoms with E-state index in [2.05, 4.69) is 15.0 Å². The smallest absolute Gasteiger partial charge is 0.269 e. The summed E-state index contributed by atoms with van der Waals surface area (Å²) in [5, 5.41) is 15.6. The van der Waals surface area contributed by atoms with E-state index in [9.17, 15) is 18.5 Å². The van der Waals surface area contributed by atoms with E-state index >= 15 is 0 Å². The summed E-state index contributed by atoms with van der Waals surface area (Å²) in [7, 11) is -3.75. The first-order valence-corrected chi connectivity index (χ1v) is 13.2. The number of fused-ring (bicyclic) bond motifs is 1. The van der Waals surface area contributed by atoms with Crippen LogP contribution in [-0.4, -0.2) is 38.0 Å². The fourth-order valence-electron chi connectivity index (χ4n) is 4.12. The molecule has 0 aliphatic rings. The lowest BCUT2D eigenvalue weighted by Gasteiger charge is -2.13. The number of pyridine rings is 1. The Bertz CT molecular complexity index is 1470. The number of nitrogens with zero attached hydrogens (tertiary/aromatic N) is 2. The molecule has 0 unspecified atom stereocenters. The van der Waals surface area contributed by atoms with Gasteiger partial charge in [0.15, 0.2) is 0 Å². The molecule has 0 spiro atoms. The fraction of sp³-hybridized carbons (Fsp3) is 0.222. The largest absolute Gasteiger partial charge is 0.315 e. The molecule has 0 bridgehead atoms. The molecule has 2 N–H and O–H groups in total. The van der Waals surface area contributed by atoms with Crippen molar-refractivity contribution in [3.63, 3.8) is 0 Å². The maximum atomic E-state index is 13.2. The Kier molecular flexibility index (Phi) is 8.04. The Morgan fingerprint density at radius 3 is 2.53 bits per heavy atom. The van der Waals surface area contributed by atoms with Crippen LogP contribution in [0.5, 0.6) is 0 Å². The van der Waals surface area contributed by atoms with Crippen LogP contribution in [0.25, 0.3) is 21.9 Å². The summed E-state index contributed by atoms with van der Waals surface area (Å²) in [4.78, 5) is 15.0. The first-order chi connectivity index (χ1) is 17.3. The van der Waals surface area contributed by atoms with Gasteiger partial charge in [-0.3, -0.25) is 15.1 Å². The van der Waals surface area contributed by atoms with E-state index in [-0.39, 0.29) is 22.1 Å². The molecule has 0 amide bonds. The number of hydrogen-bond donors (Lipinski definition) is 2. The Hall–Kier alpha value is -3.66. The zero-order valence-electron chi connectivity index (χ0n) is 20.0. The second-order valence-electron chi connectivity index (χ2n) is 8.56. The van der Waals surface area contributed by atoms with E-state index in [0.717, 1.165) is 34.1 Å². The zero-order valence-corrected chi connectivity index (χ0v) is 20.8. The standard InChI is InChI=1S/C27H28N4O4S/c1-20-9-10-25(31(32)33)17-22(20)8-5-12-28-14-15-30-36(34,35)27-18-23(21-6-3-2-4-7-21)16-24-19-29-13-11-26(24)27/h2-4,6-7,9-11,13,16-19,28,30H,5,8,12,14-15H2,1H3. The molecule has 4 rings (SSSR count). The van der Waals surface area contributed by atoms with E-state index in [1.54, 1.807) is 36.7 Å². The summed E-state index contributed by atoms with van der Waals surface area (Å²) in [5.41, 5.74) is 3.81. The van der Waals surface area contributed by atoms with Crippen LogP contribution in [-0.2, 0) is 16.4 Å².